The Hall–Kier alpha value is -1.42. The second-order valence-corrected chi connectivity index (χ2v) is 4.63. The van der Waals surface area contributed by atoms with Gasteiger partial charge in [0.25, 0.3) is 0 Å². The van der Waals surface area contributed by atoms with Crippen LogP contribution in [-0.2, 0) is 0 Å². The van der Waals surface area contributed by atoms with E-state index in [1.807, 2.05) is 12.1 Å². The molecule has 2 aliphatic rings. The summed E-state index contributed by atoms with van der Waals surface area (Å²) in [6, 6.07) is 6.08. The van der Waals surface area contributed by atoms with Crippen LogP contribution in [0, 0.1) is 0 Å². The summed E-state index contributed by atoms with van der Waals surface area (Å²) in [7, 11) is 2.09. The van der Waals surface area contributed by atoms with Gasteiger partial charge >= 0.3 is 0 Å². The summed E-state index contributed by atoms with van der Waals surface area (Å²) in [4.78, 5) is 2.21. The van der Waals surface area contributed by atoms with Crippen molar-refractivity contribution >= 4 is 5.69 Å². The Labute approximate surface area is 102 Å². The molecule has 0 bridgehead atoms. The van der Waals surface area contributed by atoms with Crippen molar-refractivity contribution in [1.82, 2.24) is 5.32 Å². The maximum Gasteiger partial charge on any atom is 0.142 e. The van der Waals surface area contributed by atoms with Crippen LogP contribution in [-0.4, -0.2) is 39.4 Å². The molecule has 1 atom stereocenters. The molecule has 0 saturated carbocycles. The van der Waals surface area contributed by atoms with Gasteiger partial charge in [-0.05, 0) is 25.1 Å². The molecule has 0 spiro atoms. The molecule has 17 heavy (non-hydrogen) atoms. The molecule has 1 N–H and O–H groups in total. The quantitative estimate of drug-likeness (QED) is 0.835. The summed E-state index contributed by atoms with van der Waals surface area (Å²) >= 11 is 0. The average molecular weight is 234 g/mol. The summed E-state index contributed by atoms with van der Waals surface area (Å²) in [5.41, 5.74) is 1.12. The summed E-state index contributed by atoms with van der Waals surface area (Å²) in [6.07, 6.45) is 1.39. The molecule has 1 aromatic rings. The normalized spacial score (nSPS) is 23.1. The Bertz CT molecular complexity index is 402. The van der Waals surface area contributed by atoms with Crippen LogP contribution >= 0.6 is 0 Å². The van der Waals surface area contributed by atoms with Gasteiger partial charge in [-0.25, -0.2) is 0 Å². The first kappa shape index (κ1) is 10.7. The van der Waals surface area contributed by atoms with E-state index in [1.165, 1.54) is 0 Å². The summed E-state index contributed by atoms with van der Waals surface area (Å²) < 4.78 is 11.6. The number of benzene rings is 1. The van der Waals surface area contributed by atoms with Crippen molar-refractivity contribution in [1.29, 1.82) is 0 Å². The molecule has 0 unspecified atom stereocenters. The van der Waals surface area contributed by atoms with Crippen molar-refractivity contribution in [3.63, 3.8) is 0 Å². The fourth-order valence-corrected chi connectivity index (χ4v) is 2.33. The van der Waals surface area contributed by atoms with Crippen LogP contribution in [0.2, 0.25) is 0 Å². The smallest absolute Gasteiger partial charge is 0.142 e. The highest BCUT2D eigenvalue weighted by Crippen LogP contribution is 2.34. The zero-order chi connectivity index (χ0) is 11.7. The van der Waals surface area contributed by atoms with Gasteiger partial charge in [0.05, 0.1) is 12.2 Å². The number of ether oxygens (including phenoxy) is 2. The number of hydrogen-bond donors (Lipinski definition) is 1. The molecular formula is C13H18N2O2. The van der Waals surface area contributed by atoms with Crippen LogP contribution in [0.3, 0.4) is 0 Å². The Morgan fingerprint density at radius 3 is 3.24 bits per heavy atom. The maximum atomic E-state index is 5.94. The van der Waals surface area contributed by atoms with Crippen molar-refractivity contribution in [2.24, 2.45) is 0 Å². The highest BCUT2D eigenvalue weighted by Gasteiger charge is 2.19. The highest BCUT2D eigenvalue weighted by molar-refractivity contribution is 5.62. The van der Waals surface area contributed by atoms with Gasteiger partial charge in [-0.2, -0.15) is 0 Å². The van der Waals surface area contributed by atoms with E-state index in [0.717, 1.165) is 49.8 Å². The van der Waals surface area contributed by atoms with Crippen LogP contribution in [0.15, 0.2) is 18.2 Å². The molecule has 2 heterocycles. The minimum absolute atomic E-state index is 0.308. The van der Waals surface area contributed by atoms with Gasteiger partial charge in [-0.1, -0.05) is 0 Å². The van der Waals surface area contributed by atoms with Gasteiger partial charge in [-0.3, -0.25) is 0 Å². The van der Waals surface area contributed by atoms with E-state index in [0.29, 0.717) is 6.10 Å². The molecule has 1 fully saturated rings. The van der Waals surface area contributed by atoms with Crippen LogP contribution in [0.5, 0.6) is 11.5 Å². The molecule has 0 aromatic heterocycles. The lowest BCUT2D eigenvalue weighted by atomic mass is 10.2. The molecule has 4 heteroatoms. The number of likely N-dealkylation sites (N-methyl/N-ethyl adjacent to an activating group) is 1. The average Bonchev–Trinajstić information content (AvgIpc) is 2.83. The van der Waals surface area contributed by atoms with Crippen molar-refractivity contribution < 1.29 is 9.47 Å². The molecule has 0 radical (unpaired) electrons. The number of fused-ring (bicyclic) bond motifs is 1. The van der Waals surface area contributed by atoms with Crippen molar-refractivity contribution in [2.75, 3.05) is 38.2 Å². The topological polar surface area (TPSA) is 33.7 Å². The third-order valence-electron chi connectivity index (χ3n) is 3.34. The van der Waals surface area contributed by atoms with E-state index in [2.05, 4.69) is 23.3 Å². The van der Waals surface area contributed by atoms with Crippen molar-refractivity contribution in [3.05, 3.63) is 18.2 Å². The largest absolute Gasteiger partial charge is 0.490 e. The van der Waals surface area contributed by atoms with Crippen molar-refractivity contribution in [2.45, 2.75) is 12.5 Å². The van der Waals surface area contributed by atoms with Gasteiger partial charge in [0, 0.05) is 19.7 Å². The zero-order valence-corrected chi connectivity index (χ0v) is 10.1. The van der Waals surface area contributed by atoms with Crippen LogP contribution in [0.1, 0.15) is 6.42 Å². The predicted molar refractivity (Wildman–Crippen MR) is 67.1 cm³/mol. The van der Waals surface area contributed by atoms with Crippen molar-refractivity contribution in [3.8, 4) is 11.5 Å². The number of hydrogen-bond acceptors (Lipinski definition) is 4. The van der Waals surface area contributed by atoms with E-state index in [-0.39, 0.29) is 0 Å². The Kier molecular flexibility index (Phi) is 2.81. The fourth-order valence-electron chi connectivity index (χ4n) is 2.33. The van der Waals surface area contributed by atoms with E-state index >= 15 is 0 Å². The van der Waals surface area contributed by atoms with E-state index < -0.39 is 0 Å². The molecule has 3 rings (SSSR count). The molecule has 0 aliphatic carbocycles. The summed E-state index contributed by atoms with van der Waals surface area (Å²) in [5.74, 6) is 1.89. The Morgan fingerprint density at radius 1 is 1.47 bits per heavy atom. The number of nitrogens with zero attached hydrogens (tertiary/aromatic N) is 1. The molecule has 0 amide bonds. The zero-order valence-electron chi connectivity index (χ0n) is 10.1. The predicted octanol–water partition coefficient (Wildman–Crippen LogP) is 1.26. The number of nitrogens with one attached hydrogen (secondary N) is 1. The second-order valence-electron chi connectivity index (χ2n) is 4.63. The summed E-state index contributed by atoms with van der Waals surface area (Å²) in [5, 5.41) is 3.30. The molecule has 1 saturated heterocycles. The van der Waals surface area contributed by atoms with Gasteiger partial charge in [-0.15, -0.1) is 0 Å². The standard InChI is InChI=1S/C13H18N2O2/c1-15-6-7-16-13-3-2-10(8-12(13)15)17-11-4-5-14-9-11/h2-3,8,11,14H,4-7,9H2,1H3/t11-/m0/s1. The first-order valence-corrected chi connectivity index (χ1v) is 6.18. The van der Waals surface area contributed by atoms with Gasteiger partial charge in [0.15, 0.2) is 0 Å². The molecule has 1 aromatic carbocycles. The maximum absolute atomic E-state index is 5.94. The van der Waals surface area contributed by atoms with Gasteiger partial charge in [0.1, 0.15) is 24.2 Å². The third kappa shape index (κ3) is 2.17. The Morgan fingerprint density at radius 2 is 2.41 bits per heavy atom. The van der Waals surface area contributed by atoms with Gasteiger partial charge in [0.2, 0.25) is 0 Å². The lowest BCUT2D eigenvalue weighted by Crippen LogP contribution is -2.28. The summed E-state index contributed by atoms with van der Waals surface area (Å²) in [6.45, 7) is 3.69. The Balaban J connectivity index is 1.79. The first-order valence-electron chi connectivity index (χ1n) is 6.18. The SMILES string of the molecule is CN1CCOc2ccc(O[C@H]3CCNC3)cc21. The molecule has 92 valence electrons. The number of anilines is 1. The minimum Gasteiger partial charge on any atom is -0.490 e. The minimum atomic E-state index is 0.308. The monoisotopic (exact) mass is 234 g/mol. The molecule has 2 aliphatic heterocycles. The molecular weight excluding hydrogens is 216 g/mol. The molecule has 4 nitrogen and oxygen atoms in total. The van der Waals surface area contributed by atoms with E-state index in [1.54, 1.807) is 0 Å². The van der Waals surface area contributed by atoms with Crippen LogP contribution in [0.25, 0.3) is 0 Å². The number of rotatable bonds is 2. The fraction of sp³-hybridized carbons (Fsp3) is 0.538. The van der Waals surface area contributed by atoms with Crippen LogP contribution in [0.4, 0.5) is 5.69 Å². The first-order chi connectivity index (χ1) is 8.33. The van der Waals surface area contributed by atoms with Crippen LogP contribution < -0.4 is 19.7 Å². The van der Waals surface area contributed by atoms with E-state index in [4.69, 9.17) is 9.47 Å². The van der Waals surface area contributed by atoms with Gasteiger partial charge < -0.3 is 19.7 Å². The lowest BCUT2D eigenvalue weighted by molar-refractivity contribution is 0.222. The second kappa shape index (κ2) is 4.45. The highest BCUT2D eigenvalue weighted by atomic mass is 16.5. The lowest BCUT2D eigenvalue weighted by Gasteiger charge is -2.28. The van der Waals surface area contributed by atoms with E-state index in [9.17, 15) is 0 Å². The third-order valence-corrected chi connectivity index (χ3v) is 3.34.